The first-order valence-electron chi connectivity index (χ1n) is 14.3. The van der Waals surface area contributed by atoms with Crippen LogP contribution in [0.4, 0.5) is 0 Å². The molecular formula is C30H34O17. The molecule has 256 valence electrons. The van der Waals surface area contributed by atoms with Crippen molar-refractivity contribution in [2.75, 3.05) is 20.3 Å². The Labute approximate surface area is 265 Å². The van der Waals surface area contributed by atoms with Crippen LogP contribution >= 0.6 is 0 Å². The number of aliphatic hydroxyl groups is 6. The maximum absolute atomic E-state index is 13.0. The van der Waals surface area contributed by atoms with Crippen molar-refractivity contribution in [1.82, 2.24) is 0 Å². The van der Waals surface area contributed by atoms with E-state index in [1.807, 2.05) is 0 Å². The Kier molecular flexibility index (Phi) is 10.2. The maximum atomic E-state index is 13.0. The lowest BCUT2D eigenvalue weighted by Gasteiger charge is -2.45. The molecule has 17 nitrogen and oxygen atoms in total. The first-order valence-corrected chi connectivity index (χ1v) is 14.3. The van der Waals surface area contributed by atoms with Crippen molar-refractivity contribution < 1.29 is 78.5 Å². The van der Waals surface area contributed by atoms with Crippen LogP contribution in [0.2, 0.25) is 0 Å². The summed E-state index contributed by atoms with van der Waals surface area (Å²) in [5.74, 6) is -1.51. The van der Waals surface area contributed by atoms with Gasteiger partial charge in [0, 0.05) is 30.7 Å². The zero-order chi connectivity index (χ0) is 34.2. The lowest BCUT2D eigenvalue weighted by atomic mass is 9.97. The summed E-state index contributed by atoms with van der Waals surface area (Å²) in [6.45, 7) is -0.196. The van der Waals surface area contributed by atoms with Gasteiger partial charge in [0.2, 0.25) is 6.29 Å². The van der Waals surface area contributed by atoms with Gasteiger partial charge in [-0.1, -0.05) is 0 Å². The maximum Gasteiger partial charge on any atom is 0.302 e. The van der Waals surface area contributed by atoms with Gasteiger partial charge in [-0.25, -0.2) is 0 Å². The Bertz CT molecular complexity index is 1640. The smallest absolute Gasteiger partial charge is 0.302 e. The molecule has 8 N–H and O–H groups in total. The predicted octanol–water partition coefficient (Wildman–Crippen LogP) is -1.55. The topological polar surface area (TPSA) is 264 Å². The molecule has 1 aromatic heterocycles. The van der Waals surface area contributed by atoms with Crippen molar-refractivity contribution in [2.45, 2.75) is 68.3 Å². The summed E-state index contributed by atoms with van der Waals surface area (Å²) < 4.78 is 38.7. The SMILES string of the molecule is COc1cc(-c2cc(=O)c3c(O)cc(O[C@@H]4O[C@H](COC(C)=O)[C@@H](O)[C@H](O)[C@H]4O[C@@H]4O[C@H](CO)[C@@H](O)[C@@H](O)[C@H]4O)cc3o2)ccc1O. The number of fused-ring (bicyclic) bond motifs is 1. The quantitative estimate of drug-likeness (QED) is 0.120. The second-order valence-corrected chi connectivity index (χ2v) is 10.9. The van der Waals surface area contributed by atoms with Crippen LogP contribution in [0.1, 0.15) is 6.92 Å². The molecule has 0 aliphatic carbocycles. The number of methoxy groups -OCH3 is 1. The number of rotatable bonds is 9. The Morgan fingerprint density at radius 1 is 0.851 bits per heavy atom. The summed E-state index contributed by atoms with van der Waals surface area (Å²) in [5.41, 5.74) is -0.442. The van der Waals surface area contributed by atoms with Gasteiger partial charge in [-0.3, -0.25) is 9.59 Å². The van der Waals surface area contributed by atoms with Crippen molar-refractivity contribution in [1.29, 1.82) is 0 Å². The highest BCUT2D eigenvalue weighted by Crippen LogP contribution is 2.36. The molecule has 2 aromatic carbocycles. The number of hydrogen-bond donors (Lipinski definition) is 8. The highest BCUT2D eigenvalue weighted by molar-refractivity contribution is 5.86. The van der Waals surface area contributed by atoms with Gasteiger partial charge in [-0.15, -0.1) is 0 Å². The van der Waals surface area contributed by atoms with Crippen LogP contribution in [0.25, 0.3) is 22.3 Å². The normalized spacial score (nSPS) is 31.0. The standard InChI is InChI=1S/C30H34O17/c1-11(32)42-10-21-24(37)26(39)28(47-29-27(40)25(38)23(36)20(9-31)45-29)30(46-21)43-13-6-15(34)22-16(35)8-17(44-19(22)7-13)12-3-4-14(33)18(5-12)41-2/h3-8,20-21,23-31,33-34,36-40H,9-10H2,1-2H3/t20-,21-,23-,24-,25-,26+,27-,28-,29+,30-/m1/s1. The fourth-order valence-electron chi connectivity index (χ4n) is 5.24. The minimum absolute atomic E-state index is 0.0371. The summed E-state index contributed by atoms with van der Waals surface area (Å²) in [7, 11) is 1.34. The fraction of sp³-hybridized carbons (Fsp3) is 0.467. The van der Waals surface area contributed by atoms with Gasteiger partial charge in [0.1, 0.15) is 77.6 Å². The Morgan fingerprint density at radius 3 is 2.23 bits per heavy atom. The van der Waals surface area contributed by atoms with E-state index in [0.29, 0.717) is 5.56 Å². The molecule has 3 heterocycles. The molecule has 0 spiro atoms. The predicted molar refractivity (Wildman–Crippen MR) is 154 cm³/mol. The molecule has 2 saturated heterocycles. The molecule has 0 unspecified atom stereocenters. The van der Waals surface area contributed by atoms with Crippen molar-refractivity contribution >= 4 is 16.9 Å². The minimum Gasteiger partial charge on any atom is -0.507 e. The fourth-order valence-corrected chi connectivity index (χ4v) is 5.24. The van der Waals surface area contributed by atoms with Crippen LogP contribution in [0.5, 0.6) is 23.0 Å². The molecule has 0 saturated carbocycles. The third kappa shape index (κ3) is 6.98. The van der Waals surface area contributed by atoms with Gasteiger partial charge in [-0.05, 0) is 18.2 Å². The molecule has 0 bridgehead atoms. The van der Waals surface area contributed by atoms with E-state index in [9.17, 15) is 50.4 Å². The average molecular weight is 667 g/mol. The number of ether oxygens (including phenoxy) is 6. The van der Waals surface area contributed by atoms with E-state index in [1.165, 1.54) is 31.4 Å². The van der Waals surface area contributed by atoms with Crippen molar-refractivity contribution in [3.8, 4) is 34.3 Å². The number of benzene rings is 2. The molecular weight excluding hydrogens is 632 g/mol. The number of carbonyl (C=O) groups excluding carboxylic acids is 1. The second-order valence-electron chi connectivity index (χ2n) is 10.9. The number of phenols is 2. The molecule has 0 amide bonds. The summed E-state index contributed by atoms with van der Waals surface area (Å²) >= 11 is 0. The summed E-state index contributed by atoms with van der Waals surface area (Å²) in [6.07, 6.45) is -17.0. The molecule has 2 aliphatic heterocycles. The Hall–Kier alpha value is -4.04. The number of aliphatic hydroxyl groups excluding tert-OH is 6. The number of aromatic hydroxyl groups is 2. The van der Waals surface area contributed by atoms with E-state index in [2.05, 4.69) is 0 Å². The molecule has 10 atom stereocenters. The van der Waals surface area contributed by atoms with E-state index in [1.54, 1.807) is 0 Å². The van der Waals surface area contributed by atoms with Gasteiger partial charge in [0.25, 0.3) is 0 Å². The highest BCUT2D eigenvalue weighted by Gasteiger charge is 2.51. The van der Waals surface area contributed by atoms with Crippen LogP contribution in [-0.2, 0) is 23.7 Å². The van der Waals surface area contributed by atoms with Crippen molar-refractivity contribution in [2.24, 2.45) is 0 Å². The van der Waals surface area contributed by atoms with Gasteiger partial charge >= 0.3 is 5.97 Å². The van der Waals surface area contributed by atoms with Crippen LogP contribution in [-0.4, -0.2) is 129 Å². The average Bonchev–Trinajstić information content (AvgIpc) is 3.03. The van der Waals surface area contributed by atoms with E-state index < -0.39 is 91.8 Å². The van der Waals surface area contributed by atoms with E-state index >= 15 is 0 Å². The first kappa shape index (κ1) is 34.3. The zero-order valence-corrected chi connectivity index (χ0v) is 24.9. The summed E-state index contributed by atoms with van der Waals surface area (Å²) in [5, 5.41) is 82.7. The lowest BCUT2D eigenvalue weighted by molar-refractivity contribution is -0.358. The van der Waals surface area contributed by atoms with Gasteiger partial charge < -0.3 is 73.7 Å². The number of esters is 1. The molecule has 2 aliphatic rings. The minimum atomic E-state index is -1.90. The highest BCUT2D eigenvalue weighted by atomic mass is 16.8. The molecule has 0 radical (unpaired) electrons. The van der Waals surface area contributed by atoms with E-state index in [0.717, 1.165) is 19.1 Å². The third-order valence-corrected chi connectivity index (χ3v) is 7.74. The van der Waals surface area contributed by atoms with Crippen LogP contribution < -0.4 is 14.9 Å². The molecule has 17 heteroatoms. The van der Waals surface area contributed by atoms with Crippen LogP contribution in [0, 0.1) is 0 Å². The number of hydrogen-bond acceptors (Lipinski definition) is 17. The summed E-state index contributed by atoms with van der Waals surface area (Å²) in [4.78, 5) is 24.4. The zero-order valence-electron chi connectivity index (χ0n) is 24.9. The molecule has 5 rings (SSSR count). The summed E-state index contributed by atoms with van der Waals surface area (Å²) in [6, 6.07) is 7.60. The van der Waals surface area contributed by atoms with Gasteiger partial charge in [-0.2, -0.15) is 0 Å². The monoisotopic (exact) mass is 666 g/mol. The molecule has 47 heavy (non-hydrogen) atoms. The molecule has 3 aromatic rings. The second kappa shape index (κ2) is 14.0. The first-order chi connectivity index (χ1) is 22.3. The van der Waals surface area contributed by atoms with Crippen molar-refractivity contribution in [3.63, 3.8) is 0 Å². The lowest BCUT2D eigenvalue weighted by Crippen LogP contribution is -2.65. The van der Waals surface area contributed by atoms with Crippen LogP contribution in [0.15, 0.2) is 45.6 Å². The largest absolute Gasteiger partial charge is 0.507 e. The molecule has 2 fully saturated rings. The third-order valence-electron chi connectivity index (χ3n) is 7.74. The Balaban J connectivity index is 1.50. The number of phenolic OH excluding ortho intramolecular Hbond substituents is 2. The number of carbonyl (C=O) groups is 1. The van der Waals surface area contributed by atoms with Gasteiger partial charge in [0.05, 0.1) is 13.7 Å². The van der Waals surface area contributed by atoms with E-state index in [4.69, 9.17) is 32.8 Å². The van der Waals surface area contributed by atoms with E-state index in [-0.39, 0.29) is 34.0 Å². The van der Waals surface area contributed by atoms with Crippen molar-refractivity contribution in [3.05, 3.63) is 46.6 Å². The van der Waals surface area contributed by atoms with Crippen LogP contribution in [0.3, 0.4) is 0 Å². The Morgan fingerprint density at radius 2 is 1.55 bits per heavy atom. The van der Waals surface area contributed by atoms with Gasteiger partial charge in [0.15, 0.2) is 29.3 Å².